The SMILES string of the molecule is N#Cc1c(-n2c3c(c4ccccc42)C=CCC3)c(-n2c3c(c4ccccc42)C=CCC#C3)c(C#N)c(-n2c3c#cccc3c3ccccc32)c1-n1c2c(c3ccccc31)C=CCC2. The number of hydrogen-bond donors (Lipinski definition) is 0. The van der Waals surface area contributed by atoms with Crippen LogP contribution in [0.25, 0.3) is 95.5 Å². The third-order valence-electron chi connectivity index (χ3n) is 13.3. The molecule has 4 aromatic heterocycles. The first kappa shape index (κ1) is 35.1. The number of nitriles is 2. The molecule has 0 bridgehead atoms. The minimum absolute atomic E-state index is 0.424. The normalized spacial score (nSPS) is 13.7. The molecule has 0 N–H and O–H groups in total. The molecule has 0 radical (unpaired) electrons. The molecular formula is C57H34N6. The zero-order chi connectivity index (χ0) is 41.8. The summed E-state index contributed by atoms with van der Waals surface area (Å²) in [6.45, 7) is 0. The molecule has 3 aliphatic rings. The van der Waals surface area contributed by atoms with Crippen LogP contribution < -0.4 is 0 Å². The van der Waals surface area contributed by atoms with Crippen LogP contribution in [0, 0.1) is 46.6 Å². The van der Waals surface area contributed by atoms with E-state index >= 15 is 0 Å². The Bertz CT molecular complexity index is 3860. The van der Waals surface area contributed by atoms with Crippen LogP contribution in [-0.2, 0) is 12.8 Å². The summed E-state index contributed by atoms with van der Waals surface area (Å²) in [5.74, 6) is 6.98. The van der Waals surface area contributed by atoms with E-state index < -0.39 is 0 Å². The quantitative estimate of drug-likeness (QED) is 0.166. The maximum absolute atomic E-state index is 12.3. The van der Waals surface area contributed by atoms with Gasteiger partial charge in [0, 0.05) is 61.4 Å². The van der Waals surface area contributed by atoms with Gasteiger partial charge in [0.15, 0.2) is 0 Å². The fourth-order valence-electron chi connectivity index (χ4n) is 10.8. The minimum atomic E-state index is 0.424. The van der Waals surface area contributed by atoms with Crippen LogP contribution in [0.15, 0.2) is 127 Å². The second-order valence-electron chi connectivity index (χ2n) is 16.4. The van der Waals surface area contributed by atoms with Gasteiger partial charge in [-0.25, -0.2) is 0 Å². The van der Waals surface area contributed by atoms with E-state index in [1.165, 1.54) is 0 Å². The van der Waals surface area contributed by atoms with E-state index in [2.05, 4.69) is 182 Å². The summed E-state index contributed by atoms with van der Waals surface area (Å²) in [6.07, 6.45) is 17.0. The highest BCUT2D eigenvalue weighted by atomic mass is 15.1. The molecule has 0 fully saturated rings. The van der Waals surface area contributed by atoms with Gasteiger partial charge in [0.1, 0.15) is 34.5 Å². The van der Waals surface area contributed by atoms with Crippen LogP contribution in [0.5, 0.6) is 0 Å². The molecule has 6 heteroatoms. The van der Waals surface area contributed by atoms with Crippen LogP contribution in [0.1, 0.15) is 64.2 Å². The van der Waals surface area contributed by atoms with Gasteiger partial charge in [0.25, 0.3) is 0 Å². The van der Waals surface area contributed by atoms with Crippen LogP contribution in [0.3, 0.4) is 0 Å². The molecule has 0 saturated carbocycles. The minimum Gasteiger partial charge on any atom is -0.310 e. The number of benzene rings is 5. The summed E-state index contributed by atoms with van der Waals surface area (Å²) < 4.78 is 8.97. The van der Waals surface area contributed by atoms with Gasteiger partial charge >= 0.3 is 0 Å². The monoisotopic (exact) mass is 802 g/mol. The van der Waals surface area contributed by atoms with Crippen molar-refractivity contribution in [2.45, 2.75) is 32.1 Å². The molecule has 6 nitrogen and oxygen atoms in total. The molecule has 0 atom stereocenters. The van der Waals surface area contributed by atoms with E-state index in [9.17, 15) is 10.5 Å². The summed E-state index contributed by atoms with van der Waals surface area (Å²) in [6, 6.07) is 50.1. The number of nitrogens with zero attached hydrogens (tertiary/aromatic N) is 6. The van der Waals surface area contributed by atoms with Gasteiger partial charge in [0.2, 0.25) is 0 Å². The van der Waals surface area contributed by atoms with Gasteiger partial charge in [-0.05, 0) is 74.1 Å². The molecular weight excluding hydrogens is 769 g/mol. The summed E-state index contributed by atoms with van der Waals surface area (Å²) in [5.41, 5.74) is 14.2. The molecule has 63 heavy (non-hydrogen) atoms. The average molecular weight is 803 g/mol. The summed E-state index contributed by atoms with van der Waals surface area (Å²) in [7, 11) is 0. The Morgan fingerprint density at radius 3 is 1.54 bits per heavy atom. The largest absolute Gasteiger partial charge is 0.310 e. The standard InChI is InChI=1S/C57H34N6/c58-34-44-54(60-46-26-3-1-2-18-36(46)37-19-4-11-27-47(37)60)55(61-48-28-12-5-20-38(48)39-21-6-13-29-49(39)61)45(35-59)57(63-52-32-16-9-24-42(52)43-25-10-17-33-53(43)63)56(44)62-50-30-14-7-22-40(50)41-23-8-15-31-51(41)62/h2,4-12,14,16,18-25,27-28,30,32H,1,13,17,29,33H2. The number of rotatable bonds is 4. The van der Waals surface area contributed by atoms with E-state index in [0.717, 1.165) is 114 Å². The lowest BCUT2D eigenvalue weighted by atomic mass is 9.97. The first-order chi connectivity index (χ1) is 31.3. The molecule has 0 saturated heterocycles. The van der Waals surface area contributed by atoms with E-state index in [1.54, 1.807) is 0 Å². The van der Waals surface area contributed by atoms with Gasteiger partial charge in [-0.1, -0.05) is 121 Å². The first-order valence-corrected chi connectivity index (χ1v) is 21.5. The fourth-order valence-corrected chi connectivity index (χ4v) is 10.8. The Morgan fingerprint density at radius 2 is 0.952 bits per heavy atom. The van der Waals surface area contributed by atoms with Gasteiger partial charge < -0.3 is 9.13 Å². The molecule has 6 aromatic carbocycles. The van der Waals surface area contributed by atoms with Crippen molar-refractivity contribution < 1.29 is 0 Å². The highest BCUT2D eigenvalue weighted by Gasteiger charge is 2.36. The second kappa shape index (κ2) is 13.4. The summed E-state index contributed by atoms with van der Waals surface area (Å²) in [5, 5.41) is 29.9. The van der Waals surface area contributed by atoms with Crippen molar-refractivity contribution in [3.8, 4) is 46.7 Å². The number of allylic oxidation sites excluding steroid dienone is 3. The Balaban J connectivity index is 1.36. The molecule has 0 unspecified atom stereocenters. The topological polar surface area (TPSA) is 67.3 Å². The molecule has 3 aliphatic carbocycles. The van der Waals surface area contributed by atoms with Crippen molar-refractivity contribution in [2.75, 3.05) is 0 Å². The zero-order valence-corrected chi connectivity index (χ0v) is 34.1. The lowest BCUT2D eigenvalue weighted by molar-refractivity contribution is 0.862. The van der Waals surface area contributed by atoms with E-state index in [0.29, 0.717) is 40.3 Å². The smallest absolute Gasteiger partial charge is 0.105 e. The highest BCUT2D eigenvalue weighted by molar-refractivity contribution is 6.10. The molecule has 10 aromatic rings. The molecule has 13 rings (SSSR count). The van der Waals surface area contributed by atoms with Crippen molar-refractivity contribution >= 4 is 72.7 Å². The number of para-hydroxylation sites is 4. The Hall–Kier alpha value is -8.68. The average Bonchev–Trinajstić information content (AvgIpc) is 3.99. The van der Waals surface area contributed by atoms with Gasteiger partial charge in [-0.2, -0.15) is 10.5 Å². The molecule has 0 aliphatic heterocycles. The predicted octanol–water partition coefficient (Wildman–Crippen LogP) is 12.6. The lowest BCUT2D eigenvalue weighted by Gasteiger charge is -2.28. The molecule has 0 spiro atoms. The van der Waals surface area contributed by atoms with Gasteiger partial charge in [0.05, 0.1) is 44.8 Å². The van der Waals surface area contributed by atoms with Gasteiger partial charge in [-0.15, -0.1) is 0 Å². The lowest BCUT2D eigenvalue weighted by Crippen LogP contribution is -2.19. The zero-order valence-electron chi connectivity index (χ0n) is 34.1. The second-order valence-corrected chi connectivity index (χ2v) is 16.4. The predicted molar refractivity (Wildman–Crippen MR) is 254 cm³/mol. The number of aromatic nitrogens is 4. The van der Waals surface area contributed by atoms with E-state index in [4.69, 9.17) is 0 Å². The maximum atomic E-state index is 12.3. The van der Waals surface area contributed by atoms with Crippen molar-refractivity contribution in [1.82, 2.24) is 18.3 Å². The Morgan fingerprint density at radius 1 is 0.476 bits per heavy atom. The van der Waals surface area contributed by atoms with Crippen LogP contribution in [0.2, 0.25) is 0 Å². The van der Waals surface area contributed by atoms with Crippen LogP contribution >= 0.6 is 0 Å². The fraction of sp³-hybridized carbons (Fsp3) is 0.0877. The third kappa shape index (κ3) is 4.73. The Labute approximate surface area is 363 Å². The molecule has 4 heterocycles. The van der Waals surface area contributed by atoms with Crippen molar-refractivity contribution in [3.05, 3.63) is 184 Å². The van der Waals surface area contributed by atoms with Crippen LogP contribution in [0.4, 0.5) is 0 Å². The van der Waals surface area contributed by atoms with Crippen LogP contribution in [-0.4, -0.2) is 18.3 Å². The molecule has 0 amide bonds. The Kier molecular flexibility index (Phi) is 7.47. The number of hydrogen-bond acceptors (Lipinski definition) is 2. The van der Waals surface area contributed by atoms with Gasteiger partial charge in [-0.3, -0.25) is 9.13 Å². The summed E-state index contributed by atoms with van der Waals surface area (Å²) >= 11 is 0. The first-order valence-electron chi connectivity index (χ1n) is 21.5. The van der Waals surface area contributed by atoms with Crippen molar-refractivity contribution in [3.63, 3.8) is 0 Å². The maximum Gasteiger partial charge on any atom is 0.105 e. The number of fused-ring (bicyclic) bond motifs is 12. The molecule has 292 valence electrons. The van der Waals surface area contributed by atoms with Crippen molar-refractivity contribution in [1.29, 1.82) is 10.5 Å². The van der Waals surface area contributed by atoms with E-state index in [-0.39, 0.29) is 0 Å². The van der Waals surface area contributed by atoms with Crippen molar-refractivity contribution in [2.24, 2.45) is 0 Å². The summed E-state index contributed by atoms with van der Waals surface area (Å²) in [4.78, 5) is 0. The highest BCUT2D eigenvalue weighted by Crippen LogP contribution is 2.48. The van der Waals surface area contributed by atoms with E-state index in [1.807, 2.05) is 18.2 Å². The third-order valence-corrected chi connectivity index (χ3v) is 13.3.